The van der Waals surface area contributed by atoms with Gasteiger partial charge in [0.05, 0.1) is 0 Å². The lowest BCUT2D eigenvalue weighted by atomic mass is 10.0. The summed E-state index contributed by atoms with van der Waals surface area (Å²) in [5, 5.41) is 2.90. The van der Waals surface area contributed by atoms with Crippen molar-refractivity contribution in [2.45, 2.75) is 49.6 Å². The van der Waals surface area contributed by atoms with Gasteiger partial charge in [0.1, 0.15) is 10.7 Å². The number of halogens is 1. The fourth-order valence-corrected chi connectivity index (χ4v) is 4.24. The summed E-state index contributed by atoms with van der Waals surface area (Å²) in [4.78, 5) is -0.273. The number of sulfonamides is 1. The molecule has 1 aromatic carbocycles. The van der Waals surface area contributed by atoms with Gasteiger partial charge < -0.3 is 5.32 Å². The maximum atomic E-state index is 14.0. The maximum absolute atomic E-state index is 14.0. The van der Waals surface area contributed by atoms with Gasteiger partial charge in [0, 0.05) is 12.1 Å². The lowest BCUT2D eigenvalue weighted by Crippen LogP contribution is -2.43. The number of hydrogen-bond donors (Lipinski definition) is 2. The smallest absolute Gasteiger partial charge is 0.243 e. The van der Waals surface area contributed by atoms with Crippen molar-refractivity contribution in [1.29, 1.82) is 0 Å². The van der Waals surface area contributed by atoms with Crippen LogP contribution in [-0.2, 0) is 16.6 Å². The second kappa shape index (κ2) is 5.79. The normalized spacial score (nSPS) is 18.4. The molecule has 1 saturated carbocycles. The second-order valence-corrected chi connectivity index (χ2v) is 7.32. The zero-order valence-corrected chi connectivity index (χ0v) is 12.7. The highest BCUT2D eigenvalue weighted by Gasteiger charge is 2.34. The lowest BCUT2D eigenvalue weighted by Gasteiger charge is -2.25. The first kappa shape index (κ1) is 15.4. The van der Waals surface area contributed by atoms with Gasteiger partial charge in [0.25, 0.3) is 0 Å². The van der Waals surface area contributed by atoms with Crippen molar-refractivity contribution in [3.8, 4) is 0 Å². The van der Waals surface area contributed by atoms with E-state index in [1.807, 2.05) is 6.92 Å². The Balaban J connectivity index is 2.25. The standard InChI is InChI=1S/C14H21FN2O2S/c1-14(7-3-4-8-14)17-20(18,19)13-6-5-11(10-16-2)9-12(13)15/h5-6,9,16-17H,3-4,7-8,10H2,1-2H3. The van der Waals surface area contributed by atoms with Crippen molar-refractivity contribution in [3.05, 3.63) is 29.6 Å². The average Bonchev–Trinajstić information content (AvgIpc) is 2.74. The van der Waals surface area contributed by atoms with E-state index in [9.17, 15) is 12.8 Å². The molecule has 1 aromatic rings. The number of hydrogen-bond acceptors (Lipinski definition) is 3. The first-order valence-electron chi connectivity index (χ1n) is 6.83. The van der Waals surface area contributed by atoms with E-state index in [1.165, 1.54) is 12.1 Å². The van der Waals surface area contributed by atoms with E-state index >= 15 is 0 Å². The Bertz CT molecular complexity index is 581. The minimum atomic E-state index is -3.81. The molecular formula is C14H21FN2O2S. The molecule has 0 bridgehead atoms. The molecule has 4 nitrogen and oxygen atoms in total. The summed E-state index contributed by atoms with van der Waals surface area (Å²) in [6.45, 7) is 2.38. The fourth-order valence-electron chi connectivity index (χ4n) is 2.71. The molecule has 6 heteroatoms. The van der Waals surface area contributed by atoms with E-state index in [0.717, 1.165) is 31.2 Å². The van der Waals surface area contributed by atoms with E-state index in [4.69, 9.17) is 0 Å². The van der Waals surface area contributed by atoms with Gasteiger partial charge in [-0.2, -0.15) is 0 Å². The minimum absolute atomic E-state index is 0.273. The Hall–Kier alpha value is -0.980. The highest BCUT2D eigenvalue weighted by molar-refractivity contribution is 7.89. The van der Waals surface area contributed by atoms with E-state index in [-0.39, 0.29) is 4.90 Å². The molecular weight excluding hydrogens is 279 g/mol. The van der Waals surface area contributed by atoms with Crippen molar-refractivity contribution in [2.75, 3.05) is 7.05 Å². The quantitative estimate of drug-likeness (QED) is 0.876. The zero-order chi connectivity index (χ0) is 14.8. The molecule has 0 aliphatic heterocycles. The van der Waals surface area contributed by atoms with Crippen molar-refractivity contribution in [3.63, 3.8) is 0 Å². The van der Waals surface area contributed by atoms with Crippen LogP contribution in [0.2, 0.25) is 0 Å². The van der Waals surface area contributed by atoms with Crippen LogP contribution < -0.4 is 10.0 Å². The summed E-state index contributed by atoms with van der Waals surface area (Å²) in [5.41, 5.74) is 0.269. The highest BCUT2D eigenvalue weighted by atomic mass is 32.2. The van der Waals surface area contributed by atoms with Gasteiger partial charge in [-0.25, -0.2) is 17.5 Å². The van der Waals surface area contributed by atoms with Gasteiger partial charge in [-0.1, -0.05) is 18.9 Å². The Morgan fingerprint density at radius 1 is 1.30 bits per heavy atom. The van der Waals surface area contributed by atoms with Crippen molar-refractivity contribution < 1.29 is 12.8 Å². The van der Waals surface area contributed by atoms with Crippen LogP contribution in [0.25, 0.3) is 0 Å². The molecule has 0 saturated heterocycles. The predicted molar refractivity (Wildman–Crippen MR) is 76.4 cm³/mol. The van der Waals surface area contributed by atoms with Crippen molar-refractivity contribution >= 4 is 10.0 Å². The molecule has 2 rings (SSSR count). The number of rotatable bonds is 5. The van der Waals surface area contributed by atoms with Gasteiger partial charge in [-0.3, -0.25) is 0 Å². The SMILES string of the molecule is CNCc1ccc(S(=O)(=O)NC2(C)CCCC2)c(F)c1. The van der Waals surface area contributed by atoms with Crippen LogP contribution in [0.3, 0.4) is 0 Å². The zero-order valence-electron chi connectivity index (χ0n) is 11.9. The Labute approximate surface area is 119 Å². The molecule has 20 heavy (non-hydrogen) atoms. The molecule has 1 aliphatic carbocycles. The van der Waals surface area contributed by atoms with Crippen LogP contribution >= 0.6 is 0 Å². The monoisotopic (exact) mass is 300 g/mol. The Kier molecular flexibility index (Phi) is 4.46. The third-order valence-electron chi connectivity index (χ3n) is 3.75. The Morgan fingerprint density at radius 2 is 1.95 bits per heavy atom. The van der Waals surface area contributed by atoms with Crippen LogP contribution in [0.15, 0.2) is 23.1 Å². The summed E-state index contributed by atoms with van der Waals surface area (Å²) in [5.74, 6) is -0.702. The van der Waals surface area contributed by atoms with Crippen LogP contribution in [0, 0.1) is 5.82 Å². The molecule has 1 fully saturated rings. The van der Waals surface area contributed by atoms with Crippen LogP contribution in [0.1, 0.15) is 38.2 Å². The fraction of sp³-hybridized carbons (Fsp3) is 0.571. The first-order valence-corrected chi connectivity index (χ1v) is 8.32. The molecule has 0 spiro atoms. The van der Waals surface area contributed by atoms with Crippen LogP contribution in [0.4, 0.5) is 4.39 Å². The van der Waals surface area contributed by atoms with E-state index in [0.29, 0.717) is 6.54 Å². The first-order chi connectivity index (χ1) is 9.36. The molecule has 0 atom stereocenters. The van der Waals surface area contributed by atoms with Crippen molar-refractivity contribution in [2.24, 2.45) is 0 Å². The van der Waals surface area contributed by atoms with E-state index < -0.39 is 21.4 Å². The molecule has 0 amide bonds. The maximum Gasteiger partial charge on any atom is 0.243 e. The summed E-state index contributed by atoms with van der Waals surface area (Å²) in [7, 11) is -2.05. The molecule has 1 aliphatic rings. The third-order valence-corrected chi connectivity index (χ3v) is 5.43. The largest absolute Gasteiger partial charge is 0.316 e. The minimum Gasteiger partial charge on any atom is -0.316 e. The van der Waals surface area contributed by atoms with Gasteiger partial charge in [-0.15, -0.1) is 0 Å². The Morgan fingerprint density at radius 3 is 2.50 bits per heavy atom. The molecule has 0 radical (unpaired) electrons. The molecule has 0 aromatic heterocycles. The predicted octanol–water partition coefficient (Wildman–Crippen LogP) is 2.16. The van der Waals surface area contributed by atoms with Gasteiger partial charge >= 0.3 is 0 Å². The number of nitrogens with one attached hydrogen (secondary N) is 2. The topological polar surface area (TPSA) is 58.2 Å². The number of benzene rings is 1. The van der Waals surface area contributed by atoms with E-state index in [1.54, 1.807) is 13.1 Å². The molecule has 0 unspecified atom stereocenters. The van der Waals surface area contributed by atoms with Crippen LogP contribution in [0.5, 0.6) is 0 Å². The van der Waals surface area contributed by atoms with Gasteiger partial charge in [0.15, 0.2) is 0 Å². The second-order valence-electron chi connectivity index (χ2n) is 5.67. The molecule has 112 valence electrons. The summed E-state index contributed by atoms with van der Waals surface area (Å²) < 4.78 is 41.3. The molecule has 2 N–H and O–H groups in total. The van der Waals surface area contributed by atoms with E-state index in [2.05, 4.69) is 10.0 Å². The van der Waals surface area contributed by atoms with Gasteiger partial charge in [0.2, 0.25) is 10.0 Å². The van der Waals surface area contributed by atoms with Gasteiger partial charge in [-0.05, 0) is 44.5 Å². The summed E-state index contributed by atoms with van der Waals surface area (Å²) in [6.07, 6.45) is 3.60. The van der Waals surface area contributed by atoms with Crippen molar-refractivity contribution in [1.82, 2.24) is 10.0 Å². The summed E-state index contributed by atoms with van der Waals surface area (Å²) >= 11 is 0. The molecule has 0 heterocycles. The summed E-state index contributed by atoms with van der Waals surface area (Å²) in [6, 6.07) is 4.23. The average molecular weight is 300 g/mol. The van der Waals surface area contributed by atoms with Crippen LogP contribution in [-0.4, -0.2) is 21.0 Å². The highest BCUT2D eigenvalue weighted by Crippen LogP contribution is 2.31. The lowest BCUT2D eigenvalue weighted by molar-refractivity contribution is 0.425. The third kappa shape index (κ3) is 3.37.